The lowest BCUT2D eigenvalue weighted by molar-refractivity contribution is 0.548. The van der Waals surface area contributed by atoms with Crippen molar-refractivity contribution in [3.8, 4) is 11.3 Å². The van der Waals surface area contributed by atoms with E-state index in [1.807, 2.05) is 0 Å². The van der Waals surface area contributed by atoms with Gasteiger partial charge in [-0.25, -0.2) is 13.2 Å². The molecule has 16 heavy (non-hydrogen) atoms. The van der Waals surface area contributed by atoms with Gasteiger partial charge in [-0.15, -0.1) is 0 Å². The largest absolute Gasteiger partial charge is 0.382 e. The molecule has 0 saturated heterocycles. The number of benzene rings is 1. The molecule has 2 aromatic rings. The molecule has 0 spiro atoms. The Kier molecular flexibility index (Phi) is 2.51. The zero-order valence-corrected chi connectivity index (χ0v) is 8.45. The Morgan fingerprint density at radius 3 is 2.44 bits per heavy atom. The van der Waals surface area contributed by atoms with E-state index in [1.165, 1.54) is 6.07 Å². The topological polar surface area (TPSA) is 54.7 Å². The number of nitrogens with zero attached hydrogens (tertiary/aromatic N) is 1. The normalized spacial score (nSPS) is 10.8. The molecule has 0 atom stereocenters. The molecule has 0 amide bonds. The van der Waals surface area contributed by atoms with Crippen molar-refractivity contribution in [2.24, 2.45) is 0 Å². The van der Waals surface area contributed by atoms with Gasteiger partial charge in [0.25, 0.3) is 0 Å². The molecular weight excluding hydrogens is 243 g/mol. The van der Waals surface area contributed by atoms with Crippen LogP contribution < -0.4 is 5.73 Å². The minimum absolute atomic E-state index is 0.00519. The smallest absolute Gasteiger partial charge is 0.157 e. The van der Waals surface area contributed by atoms with Gasteiger partial charge in [-0.05, 0) is 0 Å². The quantitative estimate of drug-likeness (QED) is 0.601. The molecule has 0 bridgehead atoms. The zero-order valence-electron chi connectivity index (χ0n) is 7.69. The minimum atomic E-state index is -1.19. The molecule has 1 heterocycles. The third-order valence-corrected chi connectivity index (χ3v) is 2.33. The van der Waals surface area contributed by atoms with E-state index in [2.05, 4.69) is 10.2 Å². The van der Waals surface area contributed by atoms with E-state index >= 15 is 0 Å². The highest BCUT2D eigenvalue weighted by atomic mass is 35.5. The SMILES string of the molecule is Nc1cc(-c2c(F)cc(F)c(Cl)c2F)[nH]n1. The van der Waals surface area contributed by atoms with Crippen molar-refractivity contribution in [2.75, 3.05) is 5.73 Å². The van der Waals surface area contributed by atoms with Gasteiger partial charge in [-0.2, -0.15) is 5.10 Å². The highest BCUT2D eigenvalue weighted by Gasteiger charge is 2.20. The fraction of sp³-hybridized carbons (Fsp3) is 0. The van der Waals surface area contributed by atoms with E-state index in [0.29, 0.717) is 6.07 Å². The minimum Gasteiger partial charge on any atom is -0.382 e. The number of rotatable bonds is 1. The van der Waals surface area contributed by atoms with Crippen molar-refractivity contribution in [3.05, 3.63) is 34.6 Å². The first-order chi connectivity index (χ1) is 7.50. The van der Waals surface area contributed by atoms with Crippen LogP contribution >= 0.6 is 11.6 Å². The Bertz CT molecular complexity index is 553. The van der Waals surface area contributed by atoms with Crippen LogP contribution in [0.3, 0.4) is 0 Å². The number of nitrogens with two attached hydrogens (primary N) is 1. The van der Waals surface area contributed by atoms with Crippen molar-refractivity contribution in [1.82, 2.24) is 10.2 Å². The summed E-state index contributed by atoms with van der Waals surface area (Å²) in [4.78, 5) is 0. The standard InChI is InChI=1S/C9H5ClF3N3/c10-8-4(12)1-3(11)7(9(8)13)5-2-6(14)16-15-5/h1-2H,(H3,14,15,16). The van der Waals surface area contributed by atoms with Gasteiger partial charge in [0.15, 0.2) is 5.82 Å². The van der Waals surface area contributed by atoms with Crippen molar-refractivity contribution in [1.29, 1.82) is 0 Å². The number of hydrogen-bond acceptors (Lipinski definition) is 2. The van der Waals surface area contributed by atoms with Crippen LogP contribution in [0.2, 0.25) is 5.02 Å². The molecular formula is C9H5ClF3N3. The Balaban J connectivity index is 2.70. The maximum Gasteiger partial charge on any atom is 0.157 e. The summed E-state index contributed by atoms with van der Waals surface area (Å²) in [5.41, 5.74) is 4.79. The van der Waals surface area contributed by atoms with E-state index in [9.17, 15) is 13.2 Å². The summed E-state index contributed by atoms with van der Waals surface area (Å²) in [6, 6.07) is 1.72. The lowest BCUT2D eigenvalue weighted by atomic mass is 10.1. The third-order valence-electron chi connectivity index (χ3n) is 1.98. The summed E-state index contributed by atoms with van der Waals surface area (Å²) in [5.74, 6) is -3.37. The van der Waals surface area contributed by atoms with Crippen molar-refractivity contribution < 1.29 is 13.2 Å². The number of aromatic nitrogens is 2. The average Bonchev–Trinajstić information content (AvgIpc) is 2.61. The number of nitrogen functional groups attached to an aromatic ring is 1. The molecule has 0 aliphatic carbocycles. The van der Waals surface area contributed by atoms with E-state index < -0.39 is 28.0 Å². The van der Waals surface area contributed by atoms with E-state index in [4.69, 9.17) is 17.3 Å². The predicted octanol–water partition coefficient (Wildman–Crippen LogP) is 2.73. The Morgan fingerprint density at radius 1 is 1.19 bits per heavy atom. The molecule has 7 heteroatoms. The molecule has 0 aliphatic rings. The zero-order chi connectivity index (χ0) is 11.9. The first-order valence-corrected chi connectivity index (χ1v) is 4.52. The van der Waals surface area contributed by atoms with Gasteiger partial charge in [-0.1, -0.05) is 11.6 Å². The van der Waals surface area contributed by atoms with Crippen LogP contribution in [0.1, 0.15) is 0 Å². The number of aromatic amines is 1. The molecule has 84 valence electrons. The van der Waals surface area contributed by atoms with E-state index in [1.54, 1.807) is 0 Å². The Labute approximate surface area is 93.0 Å². The monoisotopic (exact) mass is 247 g/mol. The van der Waals surface area contributed by atoms with Crippen LogP contribution in [-0.2, 0) is 0 Å². The maximum absolute atomic E-state index is 13.5. The average molecular weight is 248 g/mol. The summed E-state index contributed by atoms with van der Waals surface area (Å²) in [7, 11) is 0. The van der Waals surface area contributed by atoms with Crippen LogP contribution in [0.4, 0.5) is 19.0 Å². The van der Waals surface area contributed by atoms with Crippen LogP contribution in [0.5, 0.6) is 0 Å². The van der Waals surface area contributed by atoms with Crippen molar-refractivity contribution in [2.45, 2.75) is 0 Å². The second kappa shape index (κ2) is 3.71. The van der Waals surface area contributed by atoms with E-state index in [-0.39, 0.29) is 11.5 Å². The highest BCUT2D eigenvalue weighted by molar-refractivity contribution is 6.31. The second-order valence-corrected chi connectivity index (χ2v) is 3.43. The van der Waals surface area contributed by atoms with Gasteiger partial charge in [0, 0.05) is 12.1 Å². The molecule has 1 aromatic heterocycles. The number of halogens is 4. The van der Waals surface area contributed by atoms with Gasteiger partial charge in [-0.3, -0.25) is 5.10 Å². The molecule has 2 rings (SSSR count). The highest BCUT2D eigenvalue weighted by Crippen LogP contribution is 2.31. The number of hydrogen-bond donors (Lipinski definition) is 2. The third kappa shape index (κ3) is 1.61. The van der Waals surface area contributed by atoms with Crippen LogP contribution in [-0.4, -0.2) is 10.2 Å². The summed E-state index contributed by atoms with van der Waals surface area (Å²) < 4.78 is 39.8. The lowest BCUT2D eigenvalue weighted by Crippen LogP contribution is -1.95. The van der Waals surface area contributed by atoms with Crippen LogP contribution in [0, 0.1) is 17.5 Å². The molecule has 3 nitrogen and oxygen atoms in total. The lowest BCUT2D eigenvalue weighted by Gasteiger charge is -2.04. The maximum atomic E-state index is 13.5. The molecule has 0 unspecified atom stereocenters. The summed E-state index contributed by atoms with van der Waals surface area (Å²) in [5, 5.41) is 5.05. The Morgan fingerprint density at radius 2 is 1.88 bits per heavy atom. The van der Waals surface area contributed by atoms with Gasteiger partial charge in [0.2, 0.25) is 0 Å². The van der Waals surface area contributed by atoms with Crippen LogP contribution in [0.25, 0.3) is 11.3 Å². The van der Waals surface area contributed by atoms with Gasteiger partial charge in [0.05, 0.1) is 11.3 Å². The molecule has 0 saturated carbocycles. The fourth-order valence-electron chi connectivity index (χ4n) is 1.28. The van der Waals surface area contributed by atoms with Crippen molar-refractivity contribution >= 4 is 17.4 Å². The molecule has 0 fully saturated rings. The Hall–Kier alpha value is -1.69. The van der Waals surface area contributed by atoms with Gasteiger partial charge < -0.3 is 5.73 Å². The molecule has 0 radical (unpaired) electrons. The summed E-state index contributed by atoms with van der Waals surface area (Å²) in [6.07, 6.45) is 0. The molecule has 1 aromatic carbocycles. The first-order valence-electron chi connectivity index (χ1n) is 4.15. The predicted molar refractivity (Wildman–Crippen MR) is 53.3 cm³/mol. The van der Waals surface area contributed by atoms with Gasteiger partial charge >= 0.3 is 0 Å². The molecule has 0 aliphatic heterocycles. The second-order valence-electron chi connectivity index (χ2n) is 3.05. The number of anilines is 1. The number of nitrogens with one attached hydrogen (secondary N) is 1. The molecule has 3 N–H and O–H groups in total. The van der Waals surface area contributed by atoms with Crippen LogP contribution in [0.15, 0.2) is 12.1 Å². The summed E-state index contributed by atoms with van der Waals surface area (Å²) in [6.45, 7) is 0. The summed E-state index contributed by atoms with van der Waals surface area (Å²) >= 11 is 5.33. The van der Waals surface area contributed by atoms with Gasteiger partial charge in [0.1, 0.15) is 22.5 Å². The first kappa shape index (κ1) is 10.8. The van der Waals surface area contributed by atoms with Crippen molar-refractivity contribution in [3.63, 3.8) is 0 Å². The fourth-order valence-corrected chi connectivity index (χ4v) is 1.43. The van der Waals surface area contributed by atoms with E-state index in [0.717, 1.165) is 0 Å². The number of H-pyrrole nitrogens is 1.